The van der Waals surface area contributed by atoms with Crippen molar-refractivity contribution in [3.63, 3.8) is 0 Å². The molecule has 3 aromatic rings. The average Bonchev–Trinajstić information content (AvgIpc) is 3.11. The molecule has 0 atom stereocenters. The van der Waals surface area contributed by atoms with Crippen LogP contribution in [0.15, 0.2) is 46.2 Å². The molecular formula is C14H14N6O3S. The van der Waals surface area contributed by atoms with E-state index >= 15 is 0 Å². The number of benzene rings is 1. The van der Waals surface area contributed by atoms with Crippen LogP contribution in [-0.2, 0) is 10.0 Å². The van der Waals surface area contributed by atoms with Crippen LogP contribution >= 0.6 is 0 Å². The highest BCUT2D eigenvalue weighted by Crippen LogP contribution is 2.24. The maximum Gasteiger partial charge on any atom is 0.245 e. The topological polar surface area (TPSA) is 105 Å². The van der Waals surface area contributed by atoms with E-state index in [2.05, 4.69) is 24.9 Å². The highest BCUT2D eigenvalue weighted by molar-refractivity contribution is 7.89. The van der Waals surface area contributed by atoms with Gasteiger partial charge < -0.3 is 4.90 Å². The van der Waals surface area contributed by atoms with Gasteiger partial charge in [-0.25, -0.2) is 23.0 Å². The van der Waals surface area contributed by atoms with Crippen LogP contribution in [-0.4, -0.2) is 59.2 Å². The van der Waals surface area contributed by atoms with Crippen LogP contribution < -0.4 is 4.90 Å². The lowest BCUT2D eigenvalue weighted by molar-refractivity contribution is 0.315. The van der Waals surface area contributed by atoms with E-state index in [1.807, 2.05) is 4.90 Å². The first-order chi connectivity index (χ1) is 11.7. The predicted molar refractivity (Wildman–Crippen MR) is 84.8 cm³/mol. The standard InChI is InChI=1S/C14H14N6O3S/c21-24(22,12-4-1-3-11-13(12)18-23-17-11)20-9-7-19(8-10-20)14-15-5-2-6-16-14/h1-6H,7-10H2. The van der Waals surface area contributed by atoms with Gasteiger partial charge in [0.1, 0.15) is 10.4 Å². The van der Waals surface area contributed by atoms with Crippen molar-refractivity contribution in [2.75, 3.05) is 31.1 Å². The Morgan fingerprint density at radius 1 is 0.958 bits per heavy atom. The fourth-order valence-corrected chi connectivity index (χ4v) is 4.27. The number of sulfonamides is 1. The summed E-state index contributed by atoms with van der Waals surface area (Å²) in [6, 6.07) is 6.56. The highest BCUT2D eigenvalue weighted by atomic mass is 32.2. The van der Waals surface area contributed by atoms with Gasteiger partial charge >= 0.3 is 0 Å². The van der Waals surface area contributed by atoms with Crippen molar-refractivity contribution in [1.29, 1.82) is 0 Å². The molecule has 1 fully saturated rings. The molecule has 1 aliphatic rings. The number of piperazine rings is 1. The van der Waals surface area contributed by atoms with Crippen LogP contribution in [0.3, 0.4) is 0 Å². The quantitative estimate of drug-likeness (QED) is 0.676. The van der Waals surface area contributed by atoms with Crippen LogP contribution in [0, 0.1) is 0 Å². The largest absolute Gasteiger partial charge is 0.338 e. The molecule has 4 rings (SSSR count). The molecule has 1 aliphatic heterocycles. The van der Waals surface area contributed by atoms with Gasteiger partial charge in [0, 0.05) is 38.6 Å². The Hall–Kier alpha value is -2.59. The summed E-state index contributed by atoms with van der Waals surface area (Å²) in [7, 11) is -3.66. The van der Waals surface area contributed by atoms with Gasteiger partial charge in [-0.1, -0.05) is 6.07 Å². The predicted octanol–water partition coefficient (Wildman–Crippen LogP) is 0.524. The van der Waals surface area contributed by atoms with Gasteiger partial charge in [0.25, 0.3) is 0 Å². The summed E-state index contributed by atoms with van der Waals surface area (Å²) in [5, 5.41) is 7.42. The van der Waals surface area contributed by atoms with E-state index in [4.69, 9.17) is 0 Å². The van der Waals surface area contributed by atoms with E-state index in [0.717, 1.165) is 0 Å². The van der Waals surface area contributed by atoms with Gasteiger partial charge in [-0.3, -0.25) is 0 Å². The van der Waals surface area contributed by atoms with Crippen LogP contribution in [0.4, 0.5) is 5.95 Å². The van der Waals surface area contributed by atoms with E-state index in [1.54, 1.807) is 30.6 Å². The molecule has 0 saturated carbocycles. The average molecular weight is 346 g/mol. The lowest BCUT2D eigenvalue weighted by Gasteiger charge is -2.33. The summed E-state index contributed by atoms with van der Waals surface area (Å²) < 4.78 is 31.9. The molecule has 1 aromatic carbocycles. The Balaban J connectivity index is 1.58. The summed E-state index contributed by atoms with van der Waals surface area (Å²) in [6.45, 7) is 1.75. The third kappa shape index (κ3) is 2.49. The Labute approximate surface area is 137 Å². The Bertz CT molecular complexity index is 951. The minimum atomic E-state index is -3.66. The van der Waals surface area contributed by atoms with Crippen molar-refractivity contribution in [3.05, 3.63) is 36.7 Å². The van der Waals surface area contributed by atoms with Crippen molar-refractivity contribution < 1.29 is 13.0 Å². The minimum absolute atomic E-state index is 0.116. The maximum absolute atomic E-state index is 12.9. The van der Waals surface area contributed by atoms with Crippen molar-refractivity contribution >= 4 is 27.0 Å². The number of hydrogen-bond donors (Lipinski definition) is 0. The SMILES string of the molecule is O=S(=O)(c1cccc2nonc12)N1CCN(c2ncccn2)CC1. The summed E-state index contributed by atoms with van der Waals surface area (Å²) >= 11 is 0. The van der Waals surface area contributed by atoms with E-state index in [-0.39, 0.29) is 10.4 Å². The van der Waals surface area contributed by atoms with Crippen molar-refractivity contribution in [2.24, 2.45) is 0 Å². The van der Waals surface area contributed by atoms with Crippen molar-refractivity contribution in [2.45, 2.75) is 4.90 Å². The lowest BCUT2D eigenvalue weighted by Crippen LogP contribution is -2.49. The van der Waals surface area contributed by atoms with E-state index < -0.39 is 10.0 Å². The number of hydrogen-bond acceptors (Lipinski definition) is 8. The number of nitrogens with zero attached hydrogens (tertiary/aromatic N) is 6. The zero-order valence-electron chi connectivity index (χ0n) is 12.6. The highest BCUT2D eigenvalue weighted by Gasteiger charge is 2.31. The summed E-state index contributed by atoms with van der Waals surface area (Å²) in [5.74, 6) is 0.609. The zero-order valence-corrected chi connectivity index (χ0v) is 13.4. The fourth-order valence-electron chi connectivity index (χ4n) is 2.71. The van der Waals surface area contributed by atoms with Gasteiger partial charge in [-0.2, -0.15) is 4.31 Å². The molecule has 0 N–H and O–H groups in total. The van der Waals surface area contributed by atoms with Crippen molar-refractivity contribution in [3.8, 4) is 0 Å². The fraction of sp³-hybridized carbons (Fsp3) is 0.286. The molecule has 0 bridgehead atoms. The van der Waals surface area contributed by atoms with E-state index in [1.165, 1.54) is 10.4 Å². The third-order valence-electron chi connectivity index (χ3n) is 3.94. The zero-order chi connectivity index (χ0) is 16.6. The molecule has 1 saturated heterocycles. The van der Waals surface area contributed by atoms with E-state index in [0.29, 0.717) is 37.6 Å². The molecule has 0 amide bonds. The smallest absolute Gasteiger partial charge is 0.245 e. The van der Waals surface area contributed by atoms with Gasteiger partial charge in [0.15, 0.2) is 5.52 Å². The van der Waals surface area contributed by atoms with Crippen molar-refractivity contribution in [1.82, 2.24) is 24.6 Å². The molecule has 10 heteroatoms. The molecule has 9 nitrogen and oxygen atoms in total. The second-order valence-corrected chi connectivity index (χ2v) is 7.23. The first-order valence-corrected chi connectivity index (χ1v) is 8.84. The van der Waals surface area contributed by atoms with E-state index in [9.17, 15) is 8.42 Å². The first-order valence-electron chi connectivity index (χ1n) is 7.40. The summed E-state index contributed by atoms with van der Waals surface area (Å²) in [4.78, 5) is 10.5. The maximum atomic E-state index is 12.9. The molecular weight excluding hydrogens is 332 g/mol. The number of aromatic nitrogens is 4. The molecule has 0 aliphatic carbocycles. The van der Waals surface area contributed by atoms with Gasteiger partial charge in [0.2, 0.25) is 16.0 Å². The summed E-state index contributed by atoms with van der Waals surface area (Å²) in [5.41, 5.74) is 0.679. The molecule has 2 aromatic heterocycles. The minimum Gasteiger partial charge on any atom is -0.338 e. The molecule has 124 valence electrons. The Morgan fingerprint density at radius 3 is 2.46 bits per heavy atom. The molecule has 3 heterocycles. The Kier molecular flexibility index (Phi) is 3.62. The van der Waals surface area contributed by atoms with Gasteiger partial charge in [-0.05, 0) is 28.5 Å². The monoisotopic (exact) mass is 346 g/mol. The normalized spacial score (nSPS) is 16.6. The second-order valence-electron chi connectivity index (χ2n) is 5.33. The molecule has 24 heavy (non-hydrogen) atoms. The first kappa shape index (κ1) is 15.0. The number of fused-ring (bicyclic) bond motifs is 1. The van der Waals surface area contributed by atoms with Crippen LogP contribution in [0.5, 0.6) is 0 Å². The van der Waals surface area contributed by atoms with Crippen LogP contribution in [0.25, 0.3) is 11.0 Å². The van der Waals surface area contributed by atoms with Gasteiger partial charge in [0.05, 0.1) is 0 Å². The number of anilines is 1. The number of rotatable bonds is 3. The van der Waals surface area contributed by atoms with Crippen LogP contribution in [0.2, 0.25) is 0 Å². The summed E-state index contributed by atoms with van der Waals surface area (Å²) in [6.07, 6.45) is 3.34. The van der Waals surface area contributed by atoms with Gasteiger partial charge in [-0.15, -0.1) is 0 Å². The molecule has 0 unspecified atom stereocenters. The molecule has 0 radical (unpaired) electrons. The van der Waals surface area contributed by atoms with Crippen LogP contribution in [0.1, 0.15) is 0 Å². The lowest BCUT2D eigenvalue weighted by atomic mass is 10.3. The third-order valence-corrected chi connectivity index (χ3v) is 5.87. The second kappa shape index (κ2) is 5.80. The molecule has 0 spiro atoms. The Morgan fingerprint density at radius 2 is 1.71 bits per heavy atom.